The number of hydrogen-bond donors (Lipinski definition) is 3. The number of hydrogen-bond acceptors (Lipinski definition) is 5. The second kappa shape index (κ2) is 18.8. The lowest BCUT2D eigenvalue weighted by molar-refractivity contribution is -0.138. The van der Waals surface area contributed by atoms with Crippen LogP contribution in [0.2, 0.25) is 0 Å². The van der Waals surface area contributed by atoms with E-state index in [1.807, 2.05) is 0 Å². The smallest absolute Gasteiger partial charge is 0.309 e. The Morgan fingerprint density at radius 2 is 1.55 bits per heavy atom. The van der Waals surface area contributed by atoms with Crippen molar-refractivity contribution in [3.05, 3.63) is 12.2 Å². The molecular weight excluding hydrogens is 398 g/mol. The van der Waals surface area contributed by atoms with E-state index >= 15 is 0 Å². The number of nitrogens with one attached hydrogen (secondary N) is 3. The second-order valence-electron chi connectivity index (χ2n) is 7.87. The van der Waals surface area contributed by atoms with E-state index in [2.05, 4.69) is 28.1 Å². The van der Waals surface area contributed by atoms with E-state index in [1.165, 1.54) is 26.3 Å². The fourth-order valence-electron chi connectivity index (χ4n) is 3.29. The first kappa shape index (κ1) is 27.1. The van der Waals surface area contributed by atoms with Gasteiger partial charge in [0, 0.05) is 39.5 Å². The number of allylic oxidation sites excluding steroid dienone is 2. The third kappa shape index (κ3) is 15.5. The Morgan fingerprint density at radius 3 is 2.26 bits per heavy atom. The lowest BCUT2D eigenvalue weighted by Crippen LogP contribution is -2.40. The zero-order valence-corrected chi connectivity index (χ0v) is 19.1. The molecule has 0 spiro atoms. The van der Waals surface area contributed by atoms with Crippen LogP contribution in [-0.2, 0) is 23.9 Å². The summed E-state index contributed by atoms with van der Waals surface area (Å²) in [5.41, 5.74) is 0. The van der Waals surface area contributed by atoms with Crippen LogP contribution in [0.5, 0.6) is 0 Å². The van der Waals surface area contributed by atoms with Crippen molar-refractivity contribution in [2.24, 2.45) is 0 Å². The van der Waals surface area contributed by atoms with Gasteiger partial charge in [0.25, 0.3) is 0 Å². The van der Waals surface area contributed by atoms with Crippen LogP contribution in [0.25, 0.3) is 0 Å². The summed E-state index contributed by atoms with van der Waals surface area (Å²) in [6, 6.07) is 0.238. The number of carbonyl (C=O) groups excluding carboxylic acids is 3. The summed E-state index contributed by atoms with van der Waals surface area (Å²) in [5, 5.41) is 7.89. The van der Waals surface area contributed by atoms with Crippen molar-refractivity contribution in [1.82, 2.24) is 16.0 Å². The minimum atomic E-state index is -0.596. The van der Waals surface area contributed by atoms with E-state index < -0.39 is 11.8 Å². The van der Waals surface area contributed by atoms with Crippen LogP contribution < -0.4 is 16.0 Å². The minimum Gasteiger partial charge on any atom is -0.381 e. The molecule has 1 aliphatic heterocycles. The van der Waals surface area contributed by atoms with Crippen LogP contribution in [0.4, 0.5) is 0 Å². The molecule has 1 saturated heterocycles. The molecule has 31 heavy (non-hydrogen) atoms. The lowest BCUT2D eigenvalue weighted by Gasteiger charge is -2.23. The molecule has 1 heterocycles. The normalized spacial score (nSPS) is 14.5. The van der Waals surface area contributed by atoms with E-state index in [0.717, 1.165) is 64.6 Å². The maximum Gasteiger partial charge on any atom is 0.309 e. The third-order valence-electron chi connectivity index (χ3n) is 5.16. The highest BCUT2D eigenvalue weighted by Gasteiger charge is 2.15. The molecule has 0 aromatic rings. The maximum absolute atomic E-state index is 11.8. The quantitative estimate of drug-likeness (QED) is 0.194. The molecule has 0 saturated carbocycles. The van der Waals surface area contributed by atoms with Crippen molar-refractivity contribution < 1.29 is 23.9 Å². The van der Waals surface area contributed by atoms with E-state index in [0.29, 0.717) is 13.2 Å². The van der Waals surface area contributed by atoms with Crippen molar-refractivity contribution in [3.8, 4) is 0 Å². The first-order chi connectivity index (χ1) is 15.1. The number of rotatable bonds is 16. The van der Waals surface area contributed by atoms with Gasteiger partial charge < -0.3 is 25.4 Å². The van der Waals surface area contributed by atoms with Gasteiger partial charge in [0.05, 0.1) is 0 Å². The molecule has 0 aromatic carbocycles. The fraction of sp³-hybridized carbons (Fsp3) is 0.783. The van der Waals surface area contributed by atoms with Crippen molar-refractivity contribution in [2.75, 3.05) is 40.0 Å². The molecule has 0 aromatic heterocycles. The molecule has 0 unspecified atom stereocenters. The highest BCUT2D eigenvalue weighted by atomic mass is 16.5. The summed E-state index contributed by atoms with van der Waals surface area (Å²) in [6.07, 6.45) is 15.9. The summed E-state index contributed by atoms with van der Waals surface area (Å²) < 4.78 is 10.7. The van der Waals surface area contributed by atoms with Crippen LogP contribution in [0.3, 0.4) is 0 Å². The zero-order chi connectivity index (χ0) is 22.6. The van der Waals surface area contributed by atoms with Crippen LogP contribution in [-0.4, -0.2) is 63.8 Å². The Morgan fingerprint density at radius 1 is 0.903 bits per heavy atom. The van der Waals surface area contributed by atoms with Gasteiger partial charge in [-0.3, -0.25) is 14.4 Å². The average molecular weight is 440 g/mol. The minimum absolute atomic E-state index is 0.0210. The molecule has 3 N–H and O–H groups in total. The van der Waals surface area contributed by atoms with E-state index in [1.54, 1.807) is 0 Å². The topological polar surface area (TPSA) is 106 Å². The molecule has 3 amide bonds. The standard InChI is InChI=1S/C23H41N3O5/c1-24-22(28)23(29)25-15-11-9-7-5-3-2-4-6-8-10-12-16-31-19-21(27)26-20-13-17-30-18-14-20/h3,5,20H,2,4,6-19H2,1H3,(H,24,28)(H,25,29)(H,26,27)/b5-3-. The van der Waals surface area contributed by atoms with Gasteiger partial charge in [-0.15, -0.1) is 0 Å². The van der Waals surface area contributed by atoms with Gasteiger partial charge in [-0.25, -0.2) is 0 Å². The number of amides is 3. The van der Waals surface area contributed by atoms with Crippen LogP contribution in [0.1, 0.15) is 70.6 Å². The Hall–Kier alpha value is -1.93. The van der Waals surface area contributed by atoms with Gasteiger partial charge in [-0.2, -0.15) is 0 Å². The first-order valence-electron chi connectivity index (χ1n) is 11.7. The molecule has 0 bridgehead atoms. The molecule has 1 fully saturated rings. The van der Waals surface area contributed by atoms with E-state index in [4.69, 9.17) is 9.47 Å². The first-order valence-corrected chi connectivity index (χ1v) is 11.7. The molecule has 8 nitrogen and oxygen atoms in total. The average Bonchev–Trinajstić information content (AvgIpc) is 2.78. The van der Waals surface area contributed by atoms with Gasteiger partial charge in [-0.05, 0) is 51.4 Å². The zero-order valence-electron chi connectivity index (χ0n) is 19.1. The van der Waals surface area contributed by atoms with Crippen molar-refractivity contribution >= 4 is 17.7 Å². The Labute approximate surface area is 186 Å². The van der Waals surface area contributed by atoms with Gasteiger partial charge in [0.2, 0.25) is 5.91 Å². The second-order valence-corrected chi connectivity index (χ2v) is 7.87. The predicted octanol–water partition coefficient (Wildman–Crippen LogP) is 2.23. The summed E-state index contributed by atoms with van der Waals surface area (Å²) in [6.45, 7) is 2.78. The van der Waals surface area contributed by atoms with Crippen LogP contribution >= 0.6 is 0 Å². The molecule has 1 aliphatic rings. The molecule has 0 radical (unpaired) electrons. The lowest BCUT2D eigenvalue weighted by atomic mass is 10.1. The highest BCUT2D eigenvalue weighted by Crippen LogP contribution is 2.08. The number of likely N-dealkylation sites (N-methyl/N-ethyl adjacent to an activating group) is 1. The van der Waals surface area contributed by atoms with Gasteiger partial charge in [0.1, 0.15) is 6.61 Å². The molecule has 0 aliphatic carbocycles. The molecule has 178 valence electrons. The number of carbonyl (C=O) groups is 3. The van der Waals surface area contributed by atoms with Gasteiger partial charge in [0.15, 0.2) is 0 Å². The Bertz CT molecular complexity index is 533. The fourth-order valence-corrected chi connectivity index (χ4v) is 3.29. The number of ether oxygens (including phenoxy) is 2. The van der Waals surface area contributed by atoms with Gasteiger partial charge in [-0.1, -0.05) is 31.4 Å². The van der Waals surface area contributed by atoms with Crippen LogP contribution in [0, 0.1) is 0 Å². The van der Waals surface area contributed by atoms with Crippen molar-refractivity contribution in [3.63, 3.8) is 0 Å². The highest BCUT2D eigenvalue weighted by molar-refractivity contribution is 6.34. The third-order valence-corrected chi connectivity index (χ3v) is 5.16. The Balaban J connectivity index is 1.79. The van der Waals surface area contributed by atoms with E-state index in [-0.39, 0.29) is 18.6 Å². The predicted molar refractivity (Wildman–Crippen MR) is 121 cm³/mol. The molecule has 0 atom stereocenters. The van der Waals surface area contributed by atoms with E-state index in [9.17, 15) is 14.4 Å². The van der Waals surface area contributed by atoms with Crippen molar-refractivity contribution in [1.29, 1.82) is 0 Å². The van der Waals surface area contributed by atoms with Crippen LogP contribution in [0.15, 0.2) is 12.2 Å². The van der Waals surface area contributed by atoms with Crippen molar-refractivity contribution in [2.45, 2.75) is 76.7 Å². The SMILES string of the molecule is CNC(=O)C(=O)NCCCC/C=C\CCCCCCCOCC(=O)NC1CCOCC1. The Kier molecular flexibility index (Phi) is 16.4. The van der Waals surface area contributed by atoms with Gasteiger partial charge >= 0.3 is 11.8 Å². The number of unbranched alkanes of at least 4 members (excludes halogenated alkanes) is 7. The molecule has 1 rings (SSSR count). The maximum atomic E-state index is 11.8. The monoisotopic (exact) mass is 439 g/mol. The largest absolute Gasteiger partial charge is 0.381 e. The summed E-state index contributed by atoms with van der Waals surface area (Å²) >= 11 is 0. The molecular formula is C23H41N3O5. The summed E-state index contributed by atoms with van der Waals surface area (Å²) in [7, 11) is 1.44. The summed E-state index contributed by atoms with van der Waals surface area (Å²) in [5.74, 6) is -1.19. The summed E-state index contributed by atoms with van der Waals surface area (Å²) in [4.78, 5) is 34.1. The molecule has 8 heteroatoms.